The largest absolute Gasteiger partial charge is 0.460 e. The number of rotatable bonds is 7. The van der Waals surface area contributed by atoms with Crippen molar-refractivity contribution >= 4 is 48.0 Å². The second kappa shape index (κ2) is 11.2. The maximum Gasteiger partial charge on any atom is 0.134 e. The van der Waals surface area contributed by atoms with Gasteiger partial charge in [-0.25, -0.2) is 0 Å². The van der Waals surface area contributed by atoms with Crippen LogP contribution in [0, 0.1) is 0 Å². The average Bonchev–Trinajstić information content (AvgIpc) is 2.86. The van der Waals surface area contributed by atoms with Crippen molar-refractivity contribution in [2.75, 3.05) is 20.1 Å². The summed E-state index contributed by atoms with van der Waals surface area (Å²) < 4.78 is 5.79. The van der Waals surface area contributed by atoms with Crippen molar-refractivity contribution in [1.29, 1.82) is 0 Å². The fraction of sp³-hybridized carbons (Fsp3) is 0.333. The van der Waals surface area contributed by atoms with Gasteiger partial charge in [0.15, 0.2) is 0 Å². The third-order valence-electron chi connectivity index (χ3n) is 2.89. The molecule has 7 heteroatoms. The minimum Gasteiger partial charge on any atom is -0.460 e. The van der Waals surface area contributed by atoms with Crippen molar-refractivity contribution < 1.29 is 4.42 Å². The van der Waals surface area contributed by atoms with Gasteiger partial charge in [-0.15, -0.1) is 24.8 Å². The fourth-order valence-electron chi connectivity index (χ4n) is 1.93. The molecule has 0 fully saturated rings. The van der Waals surface area contributed by atoms with Crippen LogP contribution in [0.2, 0.25) is 10.0 Å². The molecule has 0 aliphatic rings. The molecular weight excluding hydrogens is 366 g/mol. The topological polar surface area (TPSA) is 37.2 Å². The summed E-state index contributed by atoms with van der Waals surface area (Å²) >= 11 is 12.0. The third kappa shape index (κ3) is 6.78. The lowest BCUT2D eigenvalue weighted by molar-refractivity contribution is 0.490. The highest BCUT2D eigenvalue weighted by molar-refractivity contribution is 6.35. The molecule has 22 heavy (non-hydrogen) atoms. The molecule has 0 spiro atoms. The molecule has 0 saturated carbocycles. The zero-order valence-corrected chi connectivity index (χ0v) is 15.3. The number of furan rings is 1. The van der Waals surface area contributed by atoms with Gasteiger partial charge in [0.2, 0.25) is 0 Å². The first kappa shape index (κ1) is 21.6. The summed E-state index contributed by atoms with van der Waals surface area (Å²) in [7, 11) is 1.95. The molecule has 1 heterocycles. The van der Waals surface area contributed by atoms with Crippen LogP contribution in [-0.4, -0.2) is 20.1 Å². The molecule has 3 nitrogen and oxygen atoms in total. The van der Waals surface area contributed by atoms with E-state index in [1.54, 1.807) is 6.07 Å². The Morgan fingerprint density at radius 3 is 2.32 bits per heavy atom. The molecule has 1 aromatic heterocycles. The number of halogens is 4. The zero-order valence-electron chi connectivity index (χ0n) is 12.2. The van der Waals surface area contributed by atoms with Crippen LogP contribution in [0.1, 0.15) is 12.2 Å². The minimum atomic E-state index is 0. The molecule has 2 N–H and O–H groups in total. The fourth-order valence-corrected chi connectivity index (χ4v) is 2.45. The van der Waals surface area contributed by atoms with Crippen LogP contribution in [0.25, 0.3) is 11.3 Å². The summed E-state index contributed by atoms with van der Waals surface area (Å²) in [6.07, 6.45) is 1.09. The summed E-state index contributed by atoms with van der Waals surface area (Å²) in [6, 6.07) is 9.30. The van der Waals surface area contributed by atoms with Gasteiger partial charge in [0.05, 0.1) is 6.54 Å². The Bertz CT molecular complexity index is 540. The molecule has 0 aliphatic carbocycles. The van der Waals surface area contributed by atoms with Gasteiger partial charge < -0.3 is 15.1 Å². The lowest BCUT2D eigenvalue weighted by atomic mass is 10.2. The van der Waals surface area contributed by atoms with E-state index in [1.807, 2.05) is 31.3 Å². The molecular formula is C15H20Cl4N2O. The first-order chi connectivity index (χ1) is 9.69. The number of benzene rings is 1. The smallest absolute Gasteiger partial charge is 0.134 e. The van der Waals surface area contributed by atoms with E-state index in [9.17, 15) is 0 Å². The van der Waals surface area contributed by atoms with Gasteiger partial charge in [-0.3, -0.25) is 0 Å². The molecule has 0 amide bonds. The molecule has 2 rings (SSSR count). The quantitative estimate of drug-likeness (QED) is 0.672. The number of hydrogen-bond donors (Lipinski definition) is 2. The Hall–Kier alpha value is -0.420. The second-order valence-corrected chi connectivity index (χ2v) is 5.43. The number of nitrogens with one attached hydrogen (secondary N) is 2. The normalized spacial score (nSPS) is 9.95. The van der Waals surface area contributed by atoms with Crippen LogP contribution >= 0.6 is 48.0 Å². The standard InChI is InChI=1S/C15H18Cl2N2O.2ClH/c1-18-5-2-6-19-10-14-3-4-15(20-14)11-7-12(16)9-13(17)8-11;;/h3-4,7-9,18-19H,2,5-6,10H2,1H3;2*1H. The number of hydrogen-bond acceptors (Lipinski definition) is 3. The third-order valence-corrected chi connectivity index (χ3v) is 3.32. The van der Waals surface area contributed by atoms with E-state index in [2.05, 4.69) is 10.6 Å². The highest BCUT2D eigenvalue weighted by Gasteiger charge is 2.06. The van der Waals surface area contributed by atoms with Crippen LogP contribution in [-0.2, 0) is 6.54 Å². The maximum atomic E-state index is 5.99. The molecule has 1 aromatic carbocycles. The van der Waals surface area contributed by atoms with Crippen LogP contribution < -0.4 is 10.6 Å². The molecule has 0 unspecified atom stereocenters. The predicted octanol–water partition coefficient (Wildman–Crippen LogP) is 4.80. The zero-order chi connectivity index (χ0) is 14.4. The van der Waals surface area contributed by atoms with Crippen molar-refractivity contribution in [3.05, 3.63) is 46.1 Å². The molecule has 0 atom stereocenters. The average molecular weight is 386 g/mol. The van der Waals surface area contributed by atoms with Gasteiger partial charge in [0.25, 0.3) is 0 Å². The summed E-state index contributed by atoms with van der Waals surface area (Å²) in [6.45, 7) is 2.69. The van der Waals surface area contributed by atoms with Crippen LogP contribution in [0.3, 0.4) is 0 Å². The van der Waals surface area contributed by atoms with Gasteiger partial charge in [-0.2, -0.15) is 0 Å². The van der Waals surface area contributed by atoms with E-state index in [0.717, 1.165) is 43.1 Å². The maximum absolute atomic E-state index is 5.99. The highest BCUT2D eigenvalue weighted by atomic mass is 35.5. The van der Waals surface area contributed by atoms with Crippen molar-refractivity contribution in [1.82, 2.24) is 10.6 Å². The Morgan fingerprint density at radius 1 is 1.00 bits per heavy atom. The van der Waals surface area contributed by atoms with Gasteiger partial charge in [-0.05, 0) is 56.9 Å². The van der Waals surface area contributed by atoms with Crippen LogP contribution in [0.5, 0.6) is 0 Å². The molecule has 124 valence electrons. The van der Waals surface area contributed by atoms with Crippen molar-refractivity contribution in [2.24, 2.45) is 0 Å². The van der Waals surface area contributed by atoms with Crippen molar-refractivity contribution in [3.8, 4) is 11.3 Å². The molecule has 0 bridgehead atoms. The summed E-state index contributed by atoms with van der Waals surface area (Å²) in [4.78, 5) is 0. The van der Waals surface area contributed by atoms with Gasteiger partial charge in [-0.1, -0.05) is 23.2 Å². The van der Waals surface area contributed by atoms with Crippen LogP contribution in [0.4, 0.5) is 0 Å². The van der Waals surface area contributed by atoms with Crippen molar-refractivity contribution in [2.45, 2.75) is 13.0 Å². The predicted molar refractivity (Wildman–Crippen MR) is 98.9 cm³/mol. The Balaban J connectivity index is 0.00000220. The van der Waals surface area contributed by atoms with E-state index >= 15 is 0 Å². The first-order valence-electron chi connectivity index (χ1n) is 6.59. The first-order valence-corrected chi connectivity index (χ1v) is 7.35. The Labute approximate surface area is 153 Å². The molecule has 0 radical (unpaired) electrons. The Morgan fingerprint density at radius 2 is 1.68 bits per heavy atom. The monoisotopic (exact) mass is 384 g/mol. The molecule has 0 saturated heterocycles. The van der Waals surface area contributed by atoms with E-state index in [-0.39, 0.29) is 24.8 Å². The van der Waals surface area contributed by atoms with E-state index in [1.165, 1.54) is 0 Å². The summed E-state index contributed by atoms with van der Waals surface area (Å²) in [5.41, 5.74) is 0.893. The second-order valence-electron chi connectivity index (χ2n) is 4.56. The van der Waals surface area contributed by atoms with E-state index < -0.39 is 0 Å². The molecule has 0 aliphatic heterocycles. The lowest BCUT2D eigenvalue weighted by Gasteiger charge is -2.03. The van der Waals surface area contributed by atoms with Gasteiger partial charge in [0, 0.05) is 15.6 Å². The SMILES string of the molecule is CNCCCNCc1ccc(-c2cc(Cl)cc(Cl)c2)o1.Cl.Cl. The van der Waals surface area contributed by atoms with Gasteiger partial charge in [0.1, 0.15) is 11.5 Å². The summed E-state index contributed by atoms with van der Waals surface area (Å²) in [5.74, 6) is 1.68. The van der Waals surface area contributed by atoms with Gasteiger partial charge >= 0.3 is 0 Å². The van der Waals surface area contributed by atoms with Crippen LogP contribution in [0.15, 0.2) is 34.7 Å². The molecule has 2 aromatic rings. The highest BCUT2D eigenvalue weighted by Crippen LogP contribution is 2.28. The van der Waals surface area contributed by atoms with E-state index in [4.69, 9.17) is 27.6 Å². The lowest BCUT2D eigenvalue weighted by Crippen LogP contribution is -2.19. The Kier molecular flexibility index (Phi) is 11.0. The van der Waals surface area contributed by atoms with Crippen molar-refractivity contribution in [3.63, 3.8) is 0 Å². The van der Waals surface area contributed by atoms with E-state index in [0.29, 0.717) is 10.0 Å². The minimum absolute atomic E-state index is 0. The summed E-state index contributed by atoms with van der Waals surface area (Å²) in [5, 5.41) is 7.67.